The van der Waals surface area contributed by atoms with Gasteiger partial charge in [-0.2, -0.15) is 0 Å². The lowest BCUT2D eigenvalue weighted by Gasteiger charge is -2.18. The molecule has 26 heavy (non-hydrogen) atoms. The number of carbonyl (C=O) groups excluding carboxylic acids is 2. The molecule has 0 aliphatic heterocycles. The Kier molecular flexibility index (Phi) is 5.33. The van der Waals surface area contributed by atoms with E-state index < -0.39 is 17.6 Å². The number of benzene rings is 1. The molecule has 1 atom stereocenters. The van der Waals surface area contributed by atoms with Crippen molar-refractivity contribution in [1.29, 1.82) is 0 Å². The SMILES string of the molecule is CC1CCc2c(sc(NC(=S)NC(=O)c3cccc(F)c3)c2C(N)=O)C1. The van der Waals surface area contributed by atoms with E-state index in [1.807, 2.05) is 0 Å². The average Bonchev–Trinajstić information content (AvgIpc) is 2.91. The lowest BCUT2D eigenvalue weighted by atomic mass is 9.88. The van der Waals surface area contributed by atoms with Gasteiger partial charge < -0.3 is 11.1 Å². The molecule has 1 aromatic heterocycles. The van der Waals surface area contributed by atoms with Crippen LogP contribution in [0.1, 0.15) is 44.5 Å². The second-order valence-corrected chi connectivity index (χ2v) is 7.85. The van der Waals surface area contributed by atoms with Crippen LogP contribution in [0.2, 0.25) is 0 Å². The molecule has 0 bridgehead atoms. The van der Waals surface area contributed by atoms with Gasteiger partial charge in [0.15, 0.2) is 5.11 Å². The highest BCUT2D eigenvalue weighted by atomic mass is 32.1. The van der Waals surface area contributed by atoms with E-state index in [1.54, 1.807) is 0 Å². The van der Waals surface area contributed by atoms with Crippen molar-refractivity contribution in [3.05, 3.63) is 51.7 Å². The zero-order valence-corrected chi connectivity index (χ0v) is 15.7. The number of rotatable bonds is 3. The predicted octanol–water partition coefficient (Wildman–Crippen LogP) is 3.24. The first-order valence-corrected chi connectivity index (χ1v) is 9.40. The fourth-order valence-electron chi connectivity index (χ4n) is 3.04. The van der Waals surface area contributed by atoms with Gasteiger partial charge in [0, 0.05) is 10.4 Å². The summed E-state index contributed by atoms with van der Waals surface area (Å²) < 4.78 is 13.2. The van der Waals surface area contributed by atoms with Gasteiger partial charge in [0.25, 0.3) is 11.8 Å². The number of anilines is 1. The van der Waals surface area contributed by atoms with Gasteiger partial charge in [-0.15, -0.1) is 11.3 Å². The van der Waals surface area contributed by atoms with Crippen molar-refractivity contribution in [3.63, 3.8) is 0 Å². The van der Waals surface area contributed by atoms with E-state index in [4.69, 9.17) is 18.0 Å². The van der Waals surface area contributed by atoms with Crippen LogP contribution in [0.4, 0.5) is 9.39 Å². The maximum Gasteiger partial charge on any atom is 0.257 e. The summed E-state index contributed by atoms with van der Waals surface area (Å²) in [7, 11) is 0. The summed E-state index contributed by atoms with van der Waals surface area (Å²) in [5.74, 6) is -1.00. The van der Waals surface area contributed by atoms with E-state index in [2.05, 4.69) is 17.6 Å². The predicted molar refractivity (Wildman–Crippen MR) is 104 cm³/mol. The first-order chi connectivity index (χ1) is 12.3. The fraction of sp³-hybridized carbons (Fsp3) is 0.278. The molecular formula is C18H18FN3O2S2. The minimum atomic E-state index is -0.530. The number of carbonyl (C=O) groups is 2. The third-order valence-corrected chi connectivity index (χ3v) is 5.67. The molecular weight excluding hydrogens is 373 g/mol. The molecule has 0 spiro atoms. The number of amides is 2. The highest BCUT2D eigenvalue weighted by Crippen LogP contribution is 2.39. The molecule has 1 unspecified atom stereocenters. The van der Waals surface area contributed by atoms with Crippen LogP contribution in [0.15, 0.2) is 24.3 Å². The number of nitrogens with two attached hydrogens (primary N) is 1. The van der Waals surface area contributed by atoms with Gasteiger partial charge in [0.1, 0.15) is 10.8 Å². The average molecular weight is 391 g/mol. The minimum absolute atomic E-state index is 0.0356. The van der Waals surface area contributed by atoms with Gasteiger partial charge in [-0.25, -0.2) is 4.39 Å². The lowest BCUT2D eigenvalue weighted by Crippen LogP contribution is -2.34. The van der Waals surface area contributed by atoms with Crippen molar-refractivity contribution >= 4 is 45.5 Å². The highest BCUT2D eigenvalue weighted by molar-refractivity contribution is 7.80. The Bertz CT molecular complexity index is 895. The van der Waals surface area contributed by atoms with Crippen molar-refractivity contribution < 1.29 is 14.0 Å². The molecule has 0 radical (unpaired) electrons. The van der Waals surface area contributed by atoms with Crippen LogP contribution in [0.3, 0.4) is 0 Å². The zero-order valence-electron chi connectivity index (χ0n) is 14.1. The summed E-state index contributed by atoms with van der Waals surface area (Å²) in [6, 6.07) is 5.31. The van der Waals surface area contributed by atoms with E-state index in [-0.39, 0.29) is 10.7 Å². The Morgan fingerprint density at radius 3 is 2.85 bits per heavy atom. The fourth-order valence-corrected chi connectivity index (χ4v) is 4.72. The Hall–Kier alpha value is -2.32. The molecule has 1 aromatic carbocycles. The van der Waals surface area contributed by atoms with Gasteiger partial charge in [0.05, 0.1) is 5.56 Å². The largest absolute Gasteiger partial charge is 0.365 e. The van der Waals surface area contributed by atoms with Gasteiger partial charge in [-0.1, -0.05) is 13.0 Å². The van der Waals surface area contributed by atoms with Crippen LogP contribution in [0.5, 0.6) is 0 Å². The maximum atomic E-state index is 13.2. The minimum Gasteiger partial charge on any atom is -0.365 e. The second-order valence-electron chi connectivity index (χ2n) is 6.34. The topological polar surface area (TPSA) is 84.2 Å². The molecule has 0 saturated heterocycles. The molecule has 1 aliphatic rings. The first-order valence-electron chi connectivity index (χ1n) is 8.17. The van der Waals surface area contributed by atoms with Crippen LogP contribution in [-0.2, 0) is 12.8 Å². The van der Waals surface area contributed by atoms with Crippen LogP contribution in [0.25, 0.3) is 0 Å². The third kappa shape index (κ3) is 3.91. The smallest absolute Gasteiger partial charge is 0.257 e. The van der Waals surface area contributed by atoms with Gasteiger partial charge in [-0.05, 0) is 61.2 Å². The molecule has 0 saturated carbocycles. The van der Waals surface area contributed by atoms with Gasteiger partial charge in [0.2, 0.25) is 0 Å². The van der Waals surface area contributed by atoms with Crippen LogP contribution < -0.4 is 16.4 Å². The van der Waals surface area contributed by atoms with E-state index >= 15 is 0 Å². The molecule has 3 rings (SSSR count). The quantitative estimate of drug-likeness (QED) is 0.702. The molecule has 2 aromatic rings. The Labute approximate surface area is 159 Å². The number of hydrogen-bond acceptors (Lipinski definition) is 4. The number of hydrogen-bond donors (Lipinski definition) is 3. The van der Waals surface area contributed by atoms with Crippen molar-refractivity contribution in [3.8, 4) is 0 Å². The standard InChI is InChI=1S/C18H18FN3O2S2/c1-9-5-6-12-13(7-9)26-17(14(12)15(20)23)22-18(25)21-16(24)10-3-2-4-11(19)8-10/h2-4,8-9H,5-7H2,1H3,(H2,20,23)(H2,21,22,24,25). The van der Waals surface area contributed by atoms with Crippen LogP contribution >= 0.6 is 23.6 Å². The van der Waals surface area contributed by atoms with E-state index in [9.17, 15) is 14.0 Å². The molecule has 4 N–H and O–H groups in total. The Morgan fingerprint density at radius 1 is 1.38 bits per heavy atom. The number of thiocarbonyl (C=S) groups is 1. The molecule has 1 heterocycles. The number of fused-ring (bicyclic) bond motifs is 1. The summed E-state index contributed by atoms with van der Waals surface area (Å²) >= 11 is 6.61. The molecule has 1 aliphatic carbocycles. The normalized spacial score (nSPS) is 15.8. The summed E-state index contributed by atoms with van der Waals surface area (Å²) in [6.45, 7) is 2.17. The van der Waals surface area contributed by atoms with Crippen LogP contribution in [0, 0.1) is 11.7 Å². The number of halogens is 1. The molecule has 2 amide bonds. The summed E-state index contributed by atoms with van der Waals surface area (Å²) in [5, 5.41) is 5.98. The first kappa shape index (κ1) is 18.5. The van der Waals surface area contributed by atoms with E-state index in [0.29, 0.717) is 16.5 Å². The van der Waals surface area contributed by atoms with Gasteiger partial charge >= 0.3 is 0 Å². The van der Waals surface area contributed by atoms with Gasteiger partial charge in [-0.3, -0.25) is 14.9 Å². The molecule has 0 fully saturated rings. The lowest BCUT2D eigenvalue weighted by molar-refractivity contribution is 0.0975. The second kappa shape index (κ2) is 7.51. The number of nitrogens with one attached hydrogen (secondary N) is 2. The summed E-state index contributed by atoms with van der Waals surface area (Å²) in [5.41, 5.74) is 7.13. The van der Waals surface area contributed by atoms with Crippen molar-refractivity contribution in [2.24, 2.45) is 11.7 Å². The van der Waals surface area contributed by atoms with E-state index in [0.717, 1.165) is 35.8 Å². The van der Waals surface area contributed by atoms with E-state index in [1.165, 1.54) is 29.5 Å². The zero-order chi connectivity index (χ0) is 18.8. The highest BCUT2D eigenvalue weighted by Gasteiger charge is 2.27. The summed E-state index contributed by atoms with van der Waals surface area (Å²) in [6.07, 6.45) is 2.70. The Morgan fingerprint density at radius 2 is 2.15 bits per heavy atom. The van der Waals surface area contributed by atoms with Crippen molar-refractivity contribution in [2.75, 3.05) is 5.32 Å². The van der Waals surface area contributed by atoms with Crippen molar-refractivity contribution in [2.45, 2.75) is 26.2 Å². The third-order valence-electron chi connectivity index (χ3n) is 4.30. The number of thiophene rings is 1. The summed E-state index contributed by atoms with van der Waals surface area (Å²) in [4.78, 5) is 25.2. The maximum absolute atomic E-state index is 13.2. The molecule has 136 valence electrons. The number of primary amides is 1. The monoisotopic (exact) mass is 391 g/mol. The molecule has 5 nitrogen and oxygen atoms in total. The molecule has 8 heteroatoms. The Balaban J connectivity index is 1.77. The van der Waals surface area contributed by atoms with Crippen LogP contribution in [-0.4, -0.2) is 16.9 Å². The van der Waals surface area contributed by atoms with Crippen molar-refractivity contribution in [1.82, 2.24) is 5.32 Å².